The molecule has 1 aromatic heterocycles. The van der Waals surface area contributed by atoms with E-state index in [0.29, 0.717) is 22.3 Å². The minimum absolute atomic E-state index is 0.119. The van der Waals surface area contributed by atoms with Gasteiger partial charge < -0.3 is 0 Å². The van der Waals surface area contributed by atoms with Crippen molar-refractivity contribution < 1.29 is 5.11 Å². The maximum absolute atomic E-state index is 13.1. The summed E-state index contributed by atoms with van der Waals surface area (Å²) in [4.78, 5) is 20.6. The van der Waals surface area contributed by atoms with E-state index < -0.39 is 18.4 Å². The number of H-pyrrole nitrogens is 1. The molecule has 0 aliphatic carbocycles. The van der Waals surface area contributed by atoms with Crippen LogP contribution in [0.4, 0.5) is 0 Å². The molecule has 4 nitrogen and oxygen atoms in total. The molecule has 0 aliphatic heterocycles. The van der Waals surface area contributed by atoms with E-state index in [0.717, 1.165) is 0 Å². The molecule has 0 saturated heterocycles. The molecular weight excluding hydrogens is 491 g/mol. The van der Waals surface area contributed by atoms with Crippen molar-refractivity contribution >= 4 is 32.9 Å². The van der Waals surface area contributed by atoms with Crippen molar-refractivity contribution in [2.75, 3.05) is 0 Å². The molecule has 0 amide bonds. The molecule has 0 radical (unpaired) electrons. The molecule has 0 bridgehead atoms. The minimum atomic E-state index is -2.61. The summed E-state index contributed by atoms with van der Waals surface area (Å²) in [5.74, 6) is 0.539. The van der Waals surface area contributed by atoms with E-state index in [1.54, 1.807) is 18.2 Å². The van der Waals surface area contributed by atoms with Crippen LogP contribution in [0.1, 0.15) is 59.3 Å². The SMILES string of the molecule is CCC[CH2][Sn]([CH2]CCC)([CH2]CCC)[c]1ccc2nc(-c3ccccc3O)[nH]c(=O)c2c1. The van der Waals surface area contributed by atoms with Gasteiger partial charge >= 0.3 is 190 Å². The third-order valence-electron chi connectivity index (χ3n) is 6.50. The normalized spacial score (nSPS) is 11.8. The maximum atomic E-state index is 13.1. The van der Waals surface area contributed by atoms with Crippen molar-refractivity contribution in [2.24, 2.45) is 0 Å². The zero-order chi connectivity index (χ0) is 22.3. The number of aromatic hydroxyl groups is 1. The van der Waals surface area contributed by atoms with Crippen molar-refractivity contribution in [1.29, 1.82) is 0 Å². The van der Waals surface area contributed by atoms with Crippen molar-refractivity contribution in [3.63, 3.8) is 0 Å². The second kappa shape index (κ2) is 11.2. The number of nitrogens with zero attached hydrogens (tertiary/aromatic N) is 1. The molecule has 0 spiro atoms. The summed E-state index contributed by atoms with van der Waals surface area (Å²) in [6.07, 6.45) is 7.58. The predicted octanol–water partition coefficient (Wildman–Crippen LogP) is 6.35. The summed E-state index contributed by atoms with van der Waals surface area (Å²) in [5, 5.41) is 10.9. The third-order valence-corrected chi connectivity index (χ3v) is 22.1. The summed E-state index contributed by atoms with van der Waals surface area (Å²) in [7, 11) is 0. The summed E-state index contributed by atoms with van der Waals surface area (Å²) in [6.45, 7) is 6.85. The predicted molar refractivity (Wildman–Crippen MR) is 134 cm³/mol. The molecule has 0 atom stereocenters. The van der Waals surface area contributed by atoms with Gasteiger partial charge in [-0.15, -0.1) is 0 Å². The van der Waals surface area contributed by atoms with Crippen LogP contribution in [-0.2, 0) is 0 Å². The second-order valence-corrected chi connectivity index (χ2v) is 22.0. The molecule has 166 valence electrons. The van der Waals surface area contributed by atoms with E-state index in [-0.39, 0.29) is 11.3 Å². The Balaban J connectivity index is 2.09. The summed E-state index contributed by atoms with van der Waals surface area (Å²) in [5.41, 5.74) is 1.13. The van der Waals surface area contributed by atoms with E-state index >= 15 is 0 Å². The summed E-state index contributed by atoms with van der Waals surface area (Å²) < 4.78 is 5.60. The number of phenolic OH excluding ortho intramolecular Hbond substituents is 1. The van der Waals surface area contributed by atoms with Crippen LogP contribution in [0.2, 0.25) is 13.3 Å². The fourth-order valence-corrected chi connectivity index (χ4v) is 20.6. The Bertz CT molecular complexity index is 1040. The first-order valence-corrected chi connectivity index (χ1v) is 19.4. The first-order valence-electron chi connectivity index (χ1n) is 11.9. The van der Waals surface area contributed by atoms with Gasteiger partial charge in [-0.2, -0.15) is 0 Å². The first kappa shape index (κ1) is 23.8. The van der Waals surface area contributed by atoms with Gasteiger partial charge in [0.1, 0.15) is 0 Å². The van der Waals surface area contributed by atoms with Gasteiger partial charge in [-0.3, -0.25) is 0 Å². The zero-order valence-electron chi connectivity index (χ0n) is 19.2. The number of fused-ring (bicyclic) bond motifs is 1. The van der Waals surface area contributed by atoms with Crippen LogP contribution in [-0.4, -0.2) is 33.5 Å². The Labute approximate surface area is 190 Å². The number of hydrogen-bond acceptors (Lipinski definition) is 3. The van der Waals surface area contributed by atoms with Gasteiger partial charge in [-0.05, 0) is 0 Å². The molecule has 2 N–H and O–H groups in total. The molecule has 3 rings (SSSR count). The number of aromatic nitrogens is 2. The van der Waals surface area contributed by atoms with Crippen molar-refractivity contribution in [3.05, 3.63) is 52.8 Å². The number of hydrogen-bond donors (Lipinski definition) is 2. The molecular formula is C26H36N2O2Sn. The van der Waals surface area contributed by atoms with Crippen LogP contribution < -0.4 is 9.14 Å². The van der Waals surface area contributed by atoms with Crippen LogP contribution in [0.5, 0.6) is 5.75 Å². The Morgan fingerprint density at radius 1 is 0.903 bits per heavy atom. The van der Waals surface area contributed by atoms with Crippen molar-refractivity contribution in [1.82, 2.24) is 9.97 Å². The van der Waals surface area contributed by atoms with Gasteiger partial charge in [0.25, 0.3) is 0 Å². The molecule has 31 heavy (non-hydrogen) atoms. The number of unbranched alkanes of at least 4 members (excludes halogenated alkanes) is 3. The number of benzene rings is 2. The monoisotopic (exact) mass is 528 g/mol. The first-order chi connectivity index (χ1) is 15.0. The van der Waals surface area contributed by atoms with Gasteiger partial charge in [-0.25, -0.2) is 0 Å². The number of rotatable bonds is 11. The number of para-hydroxylation sites is 1. The average molecular weight is 527 g/mol. The van der Waals surface area contributed by atoms with Crippen molar-refractivity contribution in [3.8, 4) is 17.1 Å². The van der Waals surface area contributed by atoms with Crippen LogP contribution in [0.15, 0.2) is 47.3 Å². The van der Waals surface area contributed by atoms with E-state index in [4.69, 9.17) is 0 Å². The Kier molecular flexibility index (Phi) is 8.58. The summed E-state index contributed by atoms with van der Waals surface area (Å²) >= 11 is -2.61. The van der Waals surface area contributed by atoms with Gasteiger partial charge in [0.05, 0.1) is 0 Å². The van der Waals surface area contributed by atoms with Crippen LogP contribution in [0.25, 0.3) is 22.3 Å². The fraction of sp³-hybridized carbons (Fsp3) is 0.462. The van der Waals surface area contributed by atoms with Crippen molar-refractivity contribution in [2.45, 2.75) is 72.6 Å². The van der Waals surface area contributed by atoms with Gasteiger partial charge in [0.2, 0.25) is 0 Å². The van der Waals surface area contributed by atoms with Gasteiger partial charge in [0, 0.05) is 0 Å². The Morgan fingerprint density at radius 2 is 1.52 bits per heavy atom. The topological polar surface area (TPSA) is 66.0 Å². The molecule has 0 fully saturated rings. The average Bonchev–Trinajstić information content (AvgIpc) is 2.79. The Hall–Kier alpha value is -1.82. The molecule has 0 unspecified atom stereocenters. The molecule has 3 aromatic rings. The third kappa shape index (κ3) is 5.51. The van der Waals surface area contributed by atoms with E-state index in [9.17, 15) is 9.90 Å². The van der Waals surface area contributed by atoms with Crippen LogP contribution in [0, 0.1) is 0 Å². The molecule has 2 aromatic carbocycles. The van der Waals surface area contributed by atoms with Crippen LogP contribution >= 0.6 is 0 Å². The number of aromatic amines is 1. The number of phenols is 1. The number of nitrogens with one attached hydrogen (secondary N) is 1. The van der Waals surface area contributed by atoms with E-state index in [1.807, 2.05) is 12.1 Å². The molecule has 5 heteroatoms. The molecule has 0 saturated carbocycles. The zero-order valence-corrected chi connectivity index (χ0v) is 22.1. The standard InChI is InChI=1S/C14H9N2O2.3C4H9.Sn/c17-12-8-4-2-6-10(12)13-15-11-7-3-1-5-9(11)14(18)16-13;3*1-3-4-2;/h2-8,17H,(H,15,16,18);3*1,3-4H2,2H3;. The molecule has 0 aliphatic rings. The van der Waals surface area contributed by atoms with E-state index in [1.165, 1.54) is 55.4 Å². The quantitative estimate of drug-likeness (QED) is 0.286. The van der Waals surface area contributed by atoms with Gasteiger partial charge in [0.15, 0.2) is 0 Å². The molecule has 1 heterocycles. The second-order valence-electron chi connectivity index (χ2n) is 8.75. The van der Waals surface area contributed by atoms with E-state index in [2.05, 4.69) is 42.9 Å². The van der Waals surface area contributed by atoms with Gasteiger partial charge in [-0.1, -0.05) is 0 Å². The summed E-state index contributed by atoms with van der Waals surface area (Å²) in [6, 6.07) is 13.5. The fourth-order valence-electron chi connectivity index (χ4n) is 4.62. The Morgan fingerprint density at radius 3 is 2.10 bits per heavy atom. The van der Waals surface area contributed by atoms with Crippen LogP contribution in [0.3, 0.4) is 0 Å².